The lowest BCUT2D eigenvalue weighted by molar-refractivity contribution is 0.0521. The Morgan fingerprint density at radius 2 is 2.30 bits per heavy atom. The maximum atomic E-state index is 11.8. The molecule has 0 aromatic carbocycles. The fourth-order valence-corrected chi connectivity index (χ4v) is 2.75. The topological polar surface area (TPSA) is 79.4 Å². The van der Waals surface area contributed by atoms with Crippen molar-refractivity contribution in [2.45, 2.75) is 46.3 Å². The van der Waals surface area contributed by atoms with E-state index in [1.807, 2.05) is 11.5 Å². The second-order valence-corrected chi connectivity index (χ2v) is 5.09. The van der Waals surface area contributed by atoms with Gasteiger partial charge in [-0.15, -0.1) is 0 Å². The molecule has 0 amide bonds. The minimum absolute atomic E-state index is 0.219. The van der Waals surface area contributed by atoms with Crippen LogP contribution in [-0.4, -0.2) is 34.8 Å². The van der Waals surface area contributed by atoms with E-state index in [0.29, 0.717) is 18.3 Å². The van der Waals surface area contributed by atoms with Gasteiger partial charge in [-0.05, 0) is 26.7 Å². The molecule has 0 bridgehead atoms. The quantitative estimate of drug-likeness (QED) is 0.832. The van der Waals surface area contributed by atoms with Crippen LogP contribution in [0.4, 0.5) is 5.82 Å². The van der Waals surface area contributed by atoms with E-state index >= 15 is 0 Å². The van der Waals surface area contributed by atoms with Crippen molar-refractivity contribution in [3.63, 3.8) is 0 Å². The van der Waals surface area contributed by atoms with Crippen LogP contribution in [0.15, 0.2) is 0 Å². The highest BCUT2D eigenvalue weighted by atomic mass is 16.5. The number of ether oxygens (including phenoxy) is 2. The Morgan fingerprint density at radius 1 is 1.55 bits per heavy atom. The van der Waals surface area contributed by atoms with Gasteiger partial charge in [-0.1, -0.05) is 6.92 Å². The predicted molar refractivity (Wildman–Crippen MR) is 75.5 cm³/mol. The molecule has 2 N–H and O–H groups in total. The summed E-state index contributed by atoms with van der Waals surface area (Å²) in [5, 5.41) is 0. The number of aromatic nitrogens is 2. The number of carbonyl (C=O) groups is 1. The maximum Gasteiger partial charge on any atom is 0.360 e. The molecule has 6 nitrogen and oxygen atoms in total. The third kappa shape index (κ3) is 2.80. The molecule has 20 heavy (non-hydrogen) atoms. The maximum absolute atomic E-state index is 11.8. The molecule has 2 unspecified atom stereocenters. The lowest BCUT2D eigenvalue weighted by Gasteiger charge is -2.18. The second-order valence-electron chi connectivity index (χ2n) is 5.09. The van der Waals surface area contributed by atoms with Crippen LogP contribution in [0.3, 0.4) is 0 Å². The smallest absolute Gasteiger partial charge is 0.360 e. The first-order chi connectivity index (χ1) is 9.58. The van der Waals surface area contributed by atoms with Gasteiger partial charge in [0, 0.05) is 19.1 Å². The van der Waals surface area contributed by atoms with Crippen LogP contribution >= 0.6 is 0 Å². The Bertz CT molecular complexity index is 484. The number of hydrogen-bond acceptors (Lipinski definition) is 5. The summed E-state index contributed by atoms with van der Waals surface area (Å²) in [5.74, 6) is 1.10. The molecule has 112 valence electrons. The van der Waals surface area contributed by atoms with Gasteiger partial charge < -0.3 is 19.8 Å². The number of nitrogen functional groups attached to an aromatic ring is 1. The number of anilines is 1. The van der Waals surface area contributed by atoms with Gasteiger partial charge in [-0.2, -0.15) is 0 Å². The van der Waals surface area contributed by atoms with Crippen molar-refractivity contribution in [1.29, 1.82) is 0 Å². The predicted octanol–water partition coefficient (Wildman–Crippen LogP) is 1.77. The van der Waals surface area contributed by atoms with Gasteiger partial charge in [-0.3, -0.25) is 0 Å². The third-order valence-electron chi connectivity index (χ3n) is 3.83. The van der Waals surface area contributed by atoms with Crippen molar-refractivity contribution in [2.24, 2.45) is 5.92 Å². The first kappa shape index (κ1) is 14.8. The highest BCUT2D eigenvalue weighted by Crippen LogP contribution is 2.27. The summed E-state index contributed by atoms with van der Waals surface area (Å²) in [4.78, 5) is 16.0. The monoisotopic (exact) mass is 281 g/mol. The minimum Gasteiger partial charge on any atom is -0.461 e. The number of imidazole rings is 1. The zero-order valence-electron chi connectivity index (χ0n) is 12.4. The number of rotatable bonds is 5. The van der Waals surface area contributed by atoms with Crippen LogP contribution in [0.25, 0.3) is 0 Å². The molecule has 2 atom stereocenters. The van der Waals surface area contributed by atoms with Crippen molar-refractivity contribution in [2.75, 3.05) is 18.9 Å². The van der Waals surface area contributed by atoms with Gasteiger partial charge in [0.2, 0.25) is 0 Å². The molecule has 0 radical (unpaired) electrons. The Hall–Kier alpha value is -1.56. The van der Waals surface area contributed by atoms with Crippen molar-refractivity contribution in [3.05, 3.63) is 11.5 Å². The highest BCUT2D eigenvalue weighted by molar-refractivity contribution is 5.92. The van der Waals surface area contributed by atoms with Crippen molar-refractivity contribution in [3.8, 4) is 0 Å². The molecule has 0 saturated carbocycles. The van der Waals surface area contributed by atoms with Gasteiger partial charge in [0.1, 0.15) is 11.6 Å². The zero-order chi connectivity index (χ0) is 14.7. The lowest BCUT2D eigenvalue weighted by atomic mass is 9.99. The molecule has 1 saturated heterocycles. The molecular weight excluding hydrogens is 258 g/mol. The van der Waals surface area contributed by atoms with E-state index in [4.69, 9.17) is 15.2 Å². The SMILES string of the molecule is CCOC(=O)c1nc(C)n(CC2CCOC2CC)c1N. The standard InChI is InChI=1S/C14H23N3O3/c1-4-11-10(6-7-20-11)8-17-9(3)16-12(13(17)15)14(18)19-5-2/h10-11H,4-8,15H2,1-3H3. The summed E-state index contributed by atoms with van der Waals surface area (Å²) < 4.78 is 12.6. The lowest BCUT2D eigenvalue weighted by Crippen LogP contribution is -2.22. The first-order valence-electron chi connectivity index (χ1n) is 7.19. The first-order valence-corrected chi connectivity index (χ1v) is 7.19. The Labute approximate surface area is 119 Å². The molecule has 1 aromatic heterocycles. The average Bonchev–Trinajstić information content (AvgIpc) is 2.98. The Morgan fingerprint density at radius 3 is 2.95 bits per heavy atom. The van der Waals surface area contributed by atoms with Gasteiger partial charge in [0.15, 0.2) is 5.69 Å². The van der Waals surface area contributed by atoms with Crippen LogP contribution in [0.5, 0.6) is 0 Å². The second kappa shape index (κ2) is 6.26. The van der Waals surface area contributed by atoms with Crippen LogP contribution in [-0.2, 0) is 16.0 Å². The number of nitrogens with zero attached hydrogens (tertiary/aromatic N) is 2. The van der Waals surface area contributed by atoms with E-state index in [1.165, 1.54) is 0 Å². The number of esters is 1. The van der Waals surface area contributed by atoms with E-state index in [-0.39, 0.29) is 11.8 Å². The molecule has 2 rings (SSSR count). The fraction of sp³-hybridized carbons (Fsp3) is 0.714. The van der Waals surface area contributed by atoms with Crippen LogP contribution in [0.2, 0.25) is 0 Å². The normalized spacial score (nSPS) is 22.1. The van der Waals surface area contributed by atoms with E-state index in [9.17, 15) is 4.79 Å². The van der Waals surface area contributed by atoms with Gasteiger partial charge in [0.25, 0.3) is 0 Å². The van der Waals surface area contributed by atoms with Crippen LogP contribution in [0, 0.1) is 12.8 Å². The molecule has 2 heterocycles. The van der Waals surface area contributed by atoms with Crippen LogP contribution < -0.4 is 5.73 Å². The van der Waals surface area contributed by atoms with E-state index < -0.39 is 5.97 Å². The summed E-state index contributed by atoms with van der Waals surface area (Å²) >= 11 is 0. The van der Waals surface area contributed by atoms with Crippen molar-refractivity contribution in [1.82, 2.24) is 9.55 Å². The molecule has 6 heteroatoms. The zero-order valence-corrected chi connectivity index (χ0v) is 12.4. The molecule has 1 aliphatic heterocycles. The Balaban J connectivity index is 2.18. The molecule has 1 aromatic rings. The van der Waals surface area contributed by atoms with E-state index in [1.54, 1.807) is 6.92 Å². The number of carbonyl (C=O) groups excluding carboxylic acids is 1. The highest BCUT2D eigenvalue weighted by Gasteiger charge is 2.29. The van der Waals surface area contributed by atoms with Crippen LogP contribution in [0.1, 0.15) is 43.0 Å². The van der Waals surface area contributed by atoms with Gasteiger partial charge in [0.05, 0.1) is 12.7 Å². The van der Waals surface area contributed by atoms with Crippen molar-refractivity contribution >= 4 is 11.8 Å². The summed E-state index contributed by atoms with van der Waals surface area (Å²) in [6.07, 6.45) is 2.27. The number of nitrogens with two attached hydrogens (primary N) is 1. The fourth-order valence-electron chi connectivity index (χ4n) is 2.75. The molecular formula is C14H23N3O3. The summed E-state index contributed by atoms with van der Waals surface area (Å²) in [6, 6.07) is 0. The molecule has 0 aliphatic carbocycles. The summed E-state index contributed by atoms with van der Waals surface area (Å²) in [5.41, 5.74) is 6.28. The minimum atomic E-state index is -0.457. The van der Waals surface area contributed by atoms with E-state index in [0.717, 1.165) is 31.8 Å². The third-order valence-corrected chi connectivity index (χ3v) is 3.83. The average molecular weight is 281 g/mol. The Kier molecular flexibility index (Phi) is 4.65. The molecule has 0 spiro atoms. The summed E-state index contributed by atoms with van der Waals surface area (Å²) in [6.45, 7) is 7.59. The largest absolute Gasteiger partial charge is 0.461 e. The van der Waals surface area contributed by atoms with E-state index in [2.05, 4.69) is 11.9 Å². The molecule has 1 fully saturated rings. The summed E-state index contributed by atoms with van der Waals surface area (Å²) in [7, 11) is 0. The number of aryl methyl sites for hydroxylation is 1. The number of hydrogen-bond donors (Lipinski definition) is 1. The van der Waals surface area contributed by atoms with Gasteiger partial charge >= 0.3 is 5.97 Å². The molecule has 1 aliphatic rings. The van der Waals surface area contributed by atoms with Crippen molar-refractivity contribution < 1.29 is 14.3 Å². The van der Waals surface area contributed by atoms with Gasteiger partial charge in [-0.25, -0.2) is 9.78 Å².